The lowest BCUT2D eigenvalue weighted by Gasteiger charge is -2.48. The molecule has 3 nitrogen and oxygen atoms in total. The highest BCUT2D eigenvalue weighted by atomic mass is 16.2. The van der Waals surface area contributed by atoms with E-state index in [4.69, 9.17) is 0 Å². The average molecular weight is 280 g/mol. The summed E-state index contributed by atoms with van der Waals surface area (Å²) in [4.78, 5) is 15.0. The molecule has 1 aliphatic carbocycles. The lowest BCUT2D eigenvalue weighted by Crippen LogP contribution is -2.50. The molecule has 1 aliphatic heterocycles. The molecule has 0 aromatic rings. The van der Waals surface area contributed by atoms with Gasteiger partial charge in [0.05, 0.1) is 11.7 Å². The number of nitrogens with zero attached hydrogens (tertiary/aromatic N) is 1. The molecule has 0 spiro atoms. The largest absolute Gasteiger partial charge is 0.323 e. The minimum atomic E-state index is -0.370. The first-order valence-corrected chi connectivity index (χ1v) is 8.10. The van der Waals surface area contributed by atoms with Gasteiger partial charge in [-0.15, -0.1) is 0 Å². The van der Waals surface area contributed by atoms with Gasteiger partial charge in [-0.25, -0.2) is 0 Å². The van der Waals surface area contributed by atoms with Gasteiger partial charge in [-0.1, -0.05) is 34.6 Å². The van der Waals surface area contributed by atoms with Crippen LogP contribution < -0.4 is 5.32 Å². The van der Waals surface area contributed by atoms with Crippen molar-refractivity contribution in [3.63, 3.8) is 0 Å². The molecule has 1 saturated carbocycles. The molecule has 1 heterocycles. The van der Waals surface area contributed by atoms with Crippen molar-refractivity contribution in [2.75, 3.05) is 0 Å². The standard InChI is InChI=1S/C17H32N2O/c1-8-17(7)14(20)19(12(2)18-17)13-9-15(3,4)11-16(5,6)10-13/h12-13,18H,8-11H2,1-7H3. The third-order valence-electron chi connectivity index (χ3n) is 5.29. The van der Waals surface area contributed by atoms with Crippen LogP contribution in [-0.2, 0) is 4.79 Å². The molecule has 0 aromatic heterocycles. The van der Waals surface area contributed by atoms with Gasteiger partial charge in [-0.05, 0) is 50.4 Å². The van der Waals surface area contributed by atoms with Gasteiger partial charge in [-0.3, -0.25) is 10.1 Å². The lowest BCUT2D eigenvalue weighted by molar-refractivity contribution is -0.137. The van der Waals surface area contributed by atoms with E-state index in [-0.39, 0.29) is 11.7 Å². The van der Waals surface area contributed by atoms with Gasteiger partial charge < -0.3 is 4.90 Å². The number of nitrogens with one attached hydrogen (secondary N) is 1. The Morgan fingerprint density at radius 2 is 1.65 bits per heavy atom. The van der Waals surface area contributed by atoms with E-state index in [2.05, 4.69) is 51.8 Å². The van der Waals surface area contributed by atoms with Gasteiger partial charge in [0.2, 0.25) is 5.91 Å². The highest BCUT2D eigenvalue weighted by Crippen LogP contribution is 2.48. The molecule has 2 fully saturated rings. The van der Waals surface area contributed by atoms with E-state index < -0.39 is 0 Å². The summed E-state index contributed by atoms with van der Waals surface area (Å²) in [6.45, 7) is 15.7. The predicted molar refractivity (Wildman–Crippen MR) is 83.3 cm³/mol. The zero-order valence-corrected chi connectivity index (χ0v) is 14.3. The topological polar surface area (TPSA) is 32.3 Å². The maximum atomic E-state index is 12.9. The Bertz CT molecular complexity index is 386. The molecule has 2 rings (SSSR count). The fourth-order valence-electron chi connectivity index (χ4n) is 4.77. The molecule has 2 aliphatic rings. The summed E-state index contributed by atoms with van der Waals surface area (Å²) in [6.07, 6.45) is 4.49. The second-order valence-electron chi connectivity index (χ2n) is 8.79. The molecular formula is C17H32N2O. The van der Waals surface area contributed by atoms with E-state index in [1.54, 1.807) is 0 Å². The lowest BCUT2D eigenvalue weighted by atomic mass is 9.63. The SMILES string of the molecule is CCC1(C)NC(C)N(C2CC(C)(C)CC(C)(C)C2)C1=O. The van der Waals surface area contributed by atoms with Crippen molar-refractivity contribution in [1.29, 1.82) is 0 Å². The quantitative estimate of drug-likeness (QED) is 0.839. The van der Waals surface area contributed by atoms with Crippen molar-refractivity contribution in [2.45, 2.75) is 91.9 Å². The third kappa shape index (κ3) is 2.74. The highest BCUT2D eigenvalue weighted by molar-refractivity contribution is 5.88. The van der Waals surface area contributed by atoms with Gasteiger partial charge in [-0.2, -0.15) is 0 Å². The number of carbonyl (C=O) groups excluding carboxylic acids is 1. The van der Waals surface area contributed by atoms with E-state index in [0.29, 0.717) is 22.8 Å². The van der Waals surface area contributed by atoms with Crippen LogP contribution in [0.25, 0.3) is 0 Å². The predicted octanol–water partition coefficient (Wildman–Crippen LogP) is 3.54. The fraction of sp³-hybridized carbons (Fsp3) is 0.941. The molecule has 0 bridgehead atoms. The molecule has 1 amide bonds. The zero-order valence-electron chi connectivity index (χ0n) is 14.3. The average Bonchev–Trinajstić information content (AvgIpc) is 2.46. The molecule has 2 unspecified atom stereocenters. The van der Waals surface area contributed by atoms with E-state index >= 15 is 0 Å². The molecule has 1 saturated heterocycles. The Morgan fingerprint density at radius 3 is 2.05 bits per heavy atom. The van der Waals surface area contributed by atoms with E-state index in [9.17, 15) is 4.79 Å². The minimum Gasteiger partial charge on any atom is -0.323 e. The number of carbonyl (C=O) groups is 1. The molecule has 0 radical (unpaired) electrons. The van der Waals surface area contributed by atoms with Gasteiger partial charge in [0.25, 0.3) is 0 Å². The van der Waals surface area contributed by atoms with Crippen molar-refractivity contribution in [3.8, 4) is 0 Å². The van der Waals surface area contributed by atoms with Crippen LogP contribution in [0.2, 0.25) is 0 Å². The second kappa shape index (κ2) is 4.72. The number of rotatable bonds is 2. The van der Waals surface area contributed by atoms with Crippen LogP contribution in [0.1, 0.15) is 74.1 Å². The van der Waals surface area contributed by atoms with E-state index in [1.165, 1.54) is 6.42 Å². The van der Waals surface area contributed by atoms with Crippen molar-refractivity contribution in [3.05, 3.63) is 0 Å². The molecule has 1 N–H and O–H groups in total. The highest BCUT2D eigenvalue weighted by Gasteiger charge is 2.50. The van der Waals surface area contributed by atoms with E-state index in [1.807, 2.05) is 6.92 Å². The van der Waals surface area contributed by atoms with Gasteiger partial charge in [0, 0.05) is 6.04 Å². The van der Waals surface area contributed by atoms with Gasteiger partial charge in [0.15, 0.2) is 0 Å². The van der Waals surface area contributed by atoms with Crippen molar-refractivity contribution < 1.29 is 4.79 Å². The van der Waals surface area contributed by atoms with Crippen LogP contribution in [0, 0.1) is 10.8 Å². The Labute approximate surface area is 124 Å². The fourth-order valence-corrected chi connectivity index (χ4v) is 4.77. The summed E-state index contributed by atoms with van der Waals surface area (Å²) in [5.74, 6) is 0.297. The smallest absolute Gasteiger partial charge is 0.244 e. The molecule has 20 heavy (non-hydrogen) atoms. The molecule has 3 heteroatoms. The Kier molecular flexibility index (Phi) is 3.73. The van der Waals surface area contributed by atoms with Crippen LogP contribution >= 0.6 is 0 Å². The molecule has 116 valence electrons. The summed E-state index contributed by atoms with van der Waals surface area (Å²) in [5.41, 5.74) is 0.264. The zero-order chi connectivity index (χ0) is 15.3. The summed E-state index contributed by atoms with van der Waals surface area (Å²) in [6, 6.07) is 0.372. The van der Waals surface area contributed by atoms with Gasteiger partial charge >= 0.3 is 0 Å². The maximum absolute atomic E-state index is 12.9. The Balaban J connectivity index is 2.25. The summed E-state index contributed by atoms with van der Waals surface area (Å²) >= 11 is 0. The summed E-state index contributed by atoms with van der Waals surface area (Å²) in [7, 11) is 0. The van der Waals surface area contributed by atoms with Crippen LogP contribution in [0.5, 0.6) is 0 Å². The summed E-state index contributed by atoms with van der Waals surface area (Å²) < 4.78 is 0. The molecular weight excluding hydrogens is 248 g/mol. The first-order valence-electron chi connectivity index (χ1n) is 8.10. The summed E-state index contributed by atoms with van der Waals surface area (Å²) in [5, 5.41) is 3.51. The maximum Gasteiger partial charge on any atom is 0.244 e. The number of amides is 1. The number of hydrogen-bond acceptors (Lipinski definition) is 2. The molecule has 0 aromatic carbocycles. The third-order valence-corrected chi connectivity index (χ3v) is 5.29. The number of hydrogen-bond donors (Lipinski definition) is 1. The Hall–Kier alpha value is -0.570. The van der Waals surface area contributed by atoms with Crippen LogP contribution in [0.4, 0.5) is 0 Å². The first kappa shape index (κ1) is 15.8. The van der Waals surface area contributed by atoms with Crippen LogP contribution in [-0.4, -0.2) is 28.6 Å². The van der Waals surface area contributed by atoms with Crippen molar-refractivity contribution >= 4 is 5.91 Å². The second-order valence-corrected chi connectivity index (χ2v) is 8.79. The Morgan fingerprint density at radius 1 is 1.15 bits per heavy atom. The van der Waals surface area contributed by atoms with Crippen molar-refractivity contribution in [1.82, 2.24) is 10.2 Å². The monoisotopic (exact) mass is 280 g/mol. The van der Waals surface area contributed by atoms with Crippen LogP contribution in [0.3, 0.4) is 0 Å². The van der Waals surface area contributed by atoms with Gasteiger partial charge in [0.1, 0.15) is 0 Å². The molecule has 2 atom stereocenters. The van der Waals surface area contributed by atoms with E-state index in [0.717, 1.165) is 19.3 Å². The first-order chi connectivity index (χ1) is 9.00. The minimum absolute atomic E-state index is 0.155. The normalized spacial score (nSPS) is 37.5. The van der Waals surface area contributed by atoms with Crippen LogP contribution in [0.15, 0.2) is 0 Å². The van der Waals surface area contributed by atoms with Crippen molar-refractivity contribution in [2.24, 2.45) is 10.8 Å².